The van der Waals surface area contributed by atoms with E-state index in [1.807, 2.05) is 0 Å². The van der Waals surface area contributed by atoms with Crippen molar-refractivity contribution in [2.75, 3.05) is 12.3 Å². The Labute approximate surface area is 116 Å². The summed E-state index contributed by atoms with van der Waals surface area (Å²) in [6.07, 6.45) is 5.07. The van der Waals surface area contributed by atoms with Crippen LogP contribution in [-0.4, -0.2) is 28.2 Å². The van der Waals surface area contributed by atoms with Crippen molar-refractivity contribution in [3.8, 4) is 0 Å². The van der Waals surface area contributed by atoms with Crippen LogP contribution < -0.4 is 5.32 Å². The summed E-state index contributed by atoms with van der Waals surface area (Å²) in [5.74, 6) is 0.977. The Morgan fingerprint density at radius 3 is 2.89 bits per heavy atom. The summed E-state index contributed by atoms with van der Waals surface area (Å²) in [4.78, 5) is 14.1. The second kappa shape index (κ2) is 7.56. The van der Waals surface area contributed by atoms with Gasteiger partial charge < -0.3 is 5.32 Å². The summed E-state index contributed by atoms with van der Waals surface area (Å²) in [6, 6.07) is 3.76. The quantitative estimate of drug-likeness (QED) is 0.524. The lowest BCUT2D eigenvalue weighted by atomic mass is 10.1. The Morgan fingerprint density at radius 1 is 1.50 bits per heavy atom. The molecule has 1 aliphatic heterocycles. The maximum atomic E-state index is 10.5. The number of nitrogens with one attached hydrogen (secondary N) is 1. The fourth-order valence-electron chi connectivity index (χ4n) is 1.82. The third-order valence-electron chi connectivity index (χ3n) is 2.78. The second-order valence-electron chi connectivity index (χ2n) is 4.07. The topological polar surface area (TPSA) is 68.1 Å². The van der Waals surface area contributed by atoms with Crippen LogP contribution in [0.25, 0.3) is 0 Å². The highest BCUT2D eigenvalue weighted by atomic mass is 35.5. The van der Waals surface area contributed by atoms with E-state index in [2.05, 4.69) is 10.3 Å². The molecular weight excluding hydrogens is 274 g/mol. The van der Waals surface area contributed by atoms with E-state index in [0.717, 1.165) is 17.3 Å². The summed E-state index contributed by atoms with van der Waals surface area (Å²) in [6.45, 7) is 1.10. The summed E-state index contributed by atoms with van der Waals surface area (Å²) in [7, 11) is 0. The summed E-state index contributed by atoms with van der Waals surface area (Å²) in [5, 5.41) is 14.8. The van der Waals surface area contributed by atoms with Crippen LogP contribution in [0.1, 0.15) is 19.3 Å². The van der Waals surface area contributed by atoms with Crippen molar-refractivity contribution < 1.29 is 4.92 Å². The highest BCUT2D eigenvalue weighted by Gasteiger charge is 2.13. The molecule has 0 saturated carbocycles. The van der Waals surface area contributed by atoms with E-state index in [4.69, 9.17) is 0 Å². The first-order valence-corrected chi connectivity index (χ1v) is 6.71. The first kappa shape index (κ1) is 15.2. The van der Waals surface area contributed by atoms with E-state index in [1.165, 1.54) is 31.5 Å². The van der Waals surface area contributed by atoms with Crippen molar-refractivity contribution in [3.63, 3.8) is 0 Å². The van der Waals surface area contributed by atoms with Gasteiger partial charge in [0.15, 0.2) is 0 Å². The molecule has 1 N–H and O–H groups in total. The zero-order valence-electron chi connectivity index (χ0n) is 9.87. The molecule has 1 aromatic rings. The van der Waals surface area contributed by atoms with Gasteiger partial charge in [0.05, 0.1) is 9.95 Å². The second-order valence-corrected chi connectivity index (χ2v) is 5.11. The van der Waals surface area contributed by atoms with E-state index in [-0.39, 0.29) is 18.1 Å². The van der Waals surface area contributed by atoms with Gasteiger partial charge >= 0.3 is 0 Å². The lowest BCUT2D eigenvalue weighted by molar-refractivity contribution is -0.385. The van der Waals surface area contributed by atoms with Crippen LogP contribution in [0.4, 0.5) is 5.69 Å². The predicted molar refractivity (Wildman–Crippen MR) is 74.5 cm³/mol. The van der Waals surface area contributed by atoms with Crippen LogP contribution in [0.2, 0.25) is 0 Å². The Bertz CT molecular complexity index is 382. The van der Waals surface area contributed by atoms with Gasteiger partial charge in [-0.3, -0.25) is 10.1 Å². The number of halogens is 1. The average Bonchev–Trinajstić information content (AvgIpc) is 2.38. The highest BCUT2D eigenvalue weighted by molar-refractivity contribution is 7.99. The van der Waals surface area contributed by atoms with Gasteiger partial charge in [-0.2, -0.15) is 0 Å². The van der Waals surface area contributed by atoms with Crippen molar-refractivity contribution in [3.05, 3.63) is 28.4 Å². The molecule has 2 rings (SSSR count). The van der Waals surface area contributed by atoms with Gasteiger partial charge in [-0.1, -0.05) is 6.42 Å². The number of hydrogen-bond acceptors (Lipinski definition) is 5. The molecule has 18 heavy (non-hydrogen) atoms. The minimum atomic E-state index is -0.426. The first-order valence-electron chi connectivity index (χ1n) is 5.72. The normalized spacial score (nSPS) is 19.0. The predicted octanol–water partition coefficient (Wildman–Crippen LogP) is 2.65. The van der Waals surface area contributed by atoms with Gasteiger partial charge in [-0.05, 0) is 25.5 Å². The molecule has 0 aliphatic carbocycles. The van der Waals surface area contributed by atoms with Crippen molar-refractivity contribution in [2.24, 2.45) is 0 Å². The fourth-order valence-corrected chi connectivity index (χ4v) is 2.77. The van der Waals surface area contributed by atoms with Gasteiger partial charge in [-0.15, -0.1) is 24.2 Å². The zero-order chi connectivity index (χ0) is 12.1. The molecule has 1 fully saturated rings. The molecule has 1 saturated heterocycles. The lowest BCUT2D eigenvalue weighted by Crippen LogP contribution is -2.35. The molecule has 0 aromatic carbocycles. The number of thioether (sulfide) groups is 1. The average molecular weight is 290 g/mol. The molecule has 1 atom stereocenters. The number of hydrogen-bond donors (Lipinski definition) is 1. The number of nitro groups is 1. The standard InChI is InChI=1S/C11H15N3O2S.ClH/c15-14(16)10-4-5-11(13-7-10)17-8-9-3-1-2-6-12-9;/h4-5,7,9,12H,1-3,6,8H2;1H. The van der Waals surface area contributed by atoms with Gasteiger partial charge in [-0.25, -0.2) is 4.98 Å². The smallest absolute Gasteiger partial charge is 0.287 e. The summed E-state index contributed by atoms with van der Waals surface area (Å²) >= 11 is 1.65. The molecular formula is C11H16ClN3O2S. The molecule has 1 aliphatic rings. The molecule has 0 radical (unpaired) electrons. The largest absolute Gasteiger partial charge is 0.313 e. The van der Waals surface area contributed by atoms with E-state index in [0.29, 0.717) is 6.04 Å². The van der Waals surface area contributed by atoms with Crippen LogP contribution in [0.5, 0.6) is 0 Å². The molecule has 2 heterocycles. The molecule has 0 amide bonds. The number of rotatable bonds is 4. The highest BCUT2D eigenvalue weighted by Crippen LogP contribution is 2.21. The van der Waals surface area contributed by atoms with Gasteiger partial charge in [0.2, 0.25) is 0 Å². The molecule has 100 valence electrons. The summed E-state index contributed by atoms with van der Waals surface area (Å²) in [5.41, 5.74) is 0.0464. The first-order chi connectivity index (χ1) is 8.25. The fraction of sp³-hybridized carbons (Fsp3) is 0.545. The third kappa shape index (κ3) is 4.44. The van der Waals surface area contributed by atoms with Crippen molar-refractivity contribution >= 4 is 29.9 Å². The molecule has 1 aromatic heterocycles. The molecule has 0 bridgehead atoms. The minimum absolute atomic E-state index is 0. The lowest BCUT2D eigenvalue weighted by Gasteiger charge is -2.22. The maximum Gasteiger partial charge on any atom is 0.287 e. The van der Waals surface area contributed by atoms with Crippen LogP contribution in [0.15, 0.2) is 23.4 Å². The van der Waals surface area contributed by atoms with E-state index in [9.17, 15) is 10.1 Å². The SMILES string of the molecule is Cl.O=[N+]([O-])c1ccc(SCC2CCCCN2)nc1. The van der Waals surface area contributed by atoms with Crippen LogP contribution in [-0.2, 0) is 0 Å². The van der Waals surface area contributed by atoms with Crippen molar-refractivity contribution in [2.45, 2.75) is 30.3 Å². The monoisotopic (exact) mass is 289 g/mol. The number of aromatic nitrogens is 1. The Balaban J connectivity index is 0.00000162. The van der Waals surface area contributed by atoms with E-state index in [1.54, 1.807) is 17.8 Å². The Hall–Kier alpha value is -0.850. The molecule has 1 unspecified atom stereocenters. The third-order valence-corrected chi connectivity index (χ3v) is 3.88. The van der Waals surface area contributed by atoms with Gasteiger partial charge in [0.25, 0.3) is 5.69 Å². The number of piperidine rings is 1. The summed E-state index contributed by atoms with van der Waals surface area (Å²) < 4.78 is 0. The van der Waals surface area contributed by atoms with Gasteiger partial charge in [0.1, 0.15) is 6.20 Å². The molecule has 7 heteroatoms. The van der Waals surface area contributed by atoms with E-state index < -0.39 is 4.92 Å². The molecule has 0 spiro atoms. The molecule has 5 nitrogen and oxygen atoms in total. The Morgan fingerprint density at radius 2 is 2.33 bits per heavy atom. The van der Waals surface area contributed by atoms with Crippen molar-refractivity contribution in [1.29, 1.82) is 0 Å². The minimum Gasteiger partial charge on any atom is -0.313 e. The number of pyridine rings is 1. The zero-order valence-corrected chi connectivity index (χ0v) is 11.5. The van der Waals surface area contributed by atoms with Crippen molar-refractivity contribution in [1.82, 2.24) is 10.3 Å². The van der Waals surface area contributed by atoms with Gasteiger partial charge in [0, 0.05) is 17.9 Å². The number of nitrogens with zero attached hydrogens (tertiary/aromatic N) is 2. The van der Waals surface area contributed by atoms with Crippen LogP contribution >= 0.6 is 24.2 Å². The van der Waals surface area contributed by atoms with Crippen LogP contribution in [0, 0.1) is 10.1 Å². The van der Waals surface area contributed by atoms with E-state index >= 15 is 0 Å². The van der Waals surface area contributed by atoms with Crippen LogP contribution in [0.3, 0.4) is 0 Å². The Kier molecular flexibility index (Phi) is 6.38. The maximum absolute atomic E-state index is 10.5.